The Morgan fingerprint density at radius 3 is 2.55 bits per heavy atom. The summed E-state index contributed by atoms with van der Waals surface area (Å²) in [6.07, 6.45) is 6.00. The van der Waals surface area contributed by atoms with Crippen molar-refractivity contribution < 1.29 is 4.79 Å². The molecule has 0 aromatic heterocycles. The second-order valence-electron chi connectivity index (χ2n) is 2.92. The van der Waals surface area contributed by atoms with Gasteiger partial charge in [-0.25, -0.2) is 0 Å². The van der Waals surface area contributed by atoms with Gasteiger partial charge in [-0.1, -0.05) is 11.6 Å². The van der Waals surface area contributed by atoms with Crippen LogP contribution in [0, 0.1) is 0 Å². The van der Waals surface area contributed by atoms with E-state index in [-0.39, 0.29) is 0 Å². The lowest BCUT2D eigenvalue weighted by molar-refractivity contribution is -0.104. The normalized spacial score (nSPS) is 11.3. The SMILES string of the molecule is C=C(C)CCC/C=C(\C)C=O. The van der Waals surface area contributed by atoms with Crippen molar-refractivity contribution in [1.29, 1.82) is 0 Å². The molecular formula is C10H16O. The first kappa shape index (κ1) is 10.2. The Morgan fingerprint density at radius 2 is 2.09 bits per heavy atom. The zero-order valence-corrected chi connectivity index (χ0v) is 7.39. The standard InChI is InChI=1S/C10H16O/c1-9(2)6-4-5-7-10(3)8-11/h7-8H,1,4-6H2,2-3H3/b10-7+. The van der Waals surface area contributed by atoms with Crippen molar-refractivity contribution in [2.24, 2.45) is 0 Å². The molecule has 0 fully saturated rings. The van der Waals surface area contributed by atoms with Crippen LogP contribution < -0.4 is 0 Å². The summed E-state index contributed by atoms with van der Waals surface area (Å²) in [7, 11) is 0. The summed E-state index contributed by atoms with van der Waals surface area (Å²) in [6.45, 7) is 7.65. The first-order chi connectivity index (χ1) is 5.16. The summed E-state index contributed by atoms with van der Waals surface area (Å²) < 4.78 is 0. The first-order valence-electron chi connectivity index (χ1n) is 3.93. The molecule has 1 nitrogen and oxygen atoms in total. The van der Waals surface area contributed by atoms with Gasteiger partial charge in [-0.3, -0.25) is 4.79 Å². The van der Waals surface area contributed by atoms with Crippen LogP contribution >= 0.6 is 0 Å². The molecule has 0 aromatic carbocycles. The number of hydrogen-bond donors (Lipinski definition) is 0. The lowest BCUT2D eigenvalue weighted by Gasteiger charge is -1.95. The maximum atomic E-state index is 10.1. The average Bonchev–Trinajstić information content (AvgIpc) is 1.97. The van der Waals surface area contributed by atoms with Gasteiger partial charge >= 0.3 is 0 Å². The molecule has 0 heterocycles. The number of hydrogen-bond acceptors (Lipinski definition) is 1. The van der Waals surface area contributed by atoms with Gasteiger partial charge in [0, 0.05) is 0 Å². The van der Waals surface area contributed by atoms with E-state index in [1.54, 1.807) is 0 Å². The summed E-state index contributed by atoms with van der Waals surface area (Å²) in [5.41, 5.74) is 2.04. The average molecular weight is 152 g/mol. The van der Waals surface area contributed by atoms with Crippen LogP contribution in [0.2, 0.25) is 0 Å². The number of allylic oxidation sites excluding steroid dienone is 3. The minimum Gasteiger partial charge on any atom is -0.298 e. The van der Waals surface area contributed by atoms with Crippen molar-refractivity contribution in [2.75, 3.05) is 0 Å². The molecule has 0 bridgehead atoms. The number of rotatable bonds is 5. The van der Waals surface area contributed by atoms with Crippen LogP contribution in [0.1, 0.15) is 33.1 Å². The van der Waals surface area contributed by atoms with Gasteiger partial charge in [-0.2, -0.15) is 0 Å². The fraction of sp³-hybridized carbons (Fsp3) is 0.500. The molecule has 0 amide bonds. The molecule has 62 valence electrons. The molecule has 0 N–H and O–H groups in total. The lowest BCUT2D eigenvalue weighted by Crippen LogP contribution is -1.78. The van der Waals surface area contributed by atoms with E-state index >= 15 is 0 Å². The smallest absolute Gasteiger partial charge is 0.145 e. The molecule has 1 heteroatoms. The topological polar surface area (TPSA) is 17.1 Å². The summed E-state index contributed by atoms with van der Waals surface area (Å²) in [4.78, 5) is 10.1. The number of aldehydes is 1. The van der Waals surface area contributed by atoms with Gasteiger partial charge in [-0.05, 0) is 38.7 Å². The Morgan fingerprint density at radius 1 is 1.45 bits per heavy atom. The van der Waals surface area contributed by atoms with E-state index in [0.717, 1.165) is 31.1 Å². The lowest BCUT2D eigenvalue weighted by atomic mass is 10.1. The highest BCUT2D eigenvalue weighted by Crippen LogP contribution is 2.05. The van der Waals surface area contributed by atoms with Crippen molar-refractivity contribution in [3.8, 4) is 0 Å². The molecule has 0 rings (SSSR count). The number of carbonyl (C=O) groups is 1. The van der Waals surface area contributed by atoms with Gasteiger partial charge < -0.3 is 0 Å². The summed E-state index contributed by atoms with van der Waals surface area (Å²) in [5.74, 6) is 0. The predicted molar refractivity (Wildman–Crippen MR) is 48.5 cm³/mol. The van der Waals surface area contributed by atoms with Crippen molar-refractivity contribution >= 4 is 6.29 Å². The van der Waals surface area contributed by atoms with Gasteiger partial charge in [0.1, 0.15) is 6.29 Å². The minimum atomic E-state index is 0.826. The zero-order valence-electron chi connectivity index (χ0n) is 7.39. The maximum absolute atomic E-state index is 10.1. The highest BCUT2D eigenvalue weighted by atomic mass is 16.1. The van der Waals surface area contributed by atoms with Crippen molar-refractivity contribution in [3.05, 3.63) is 23.8 Å². The fourth-order valence-electron chi connectivity index (χ4n) is 0.782. The number of carbonyl (C=O) groups excluding carboxylic acids is 1. The molecule has 0 aliphatic heterocycles. The van der Waals surface area contributed by atoms with E-state index in [0.29, 0.717) is 0 Å². The van der Waals surface area contributed by atoms with Gasteiger partial charge in [0.2, 0.25) is 0 Å². The molecule has 0 saturated carbocycles. The molecule has 11 heavy (non-hydrogen) atoms. The largest absolute Gasteiger partial charge is 0.298 e. The second kappa shape index (κ2) is 5.90. The second-order valence-corrected chi connectivity index (χ2v) is 2.92. The van der Waals surface area contributed by atoms with E-state index in [2.05, 4.69) is 6.58 Å². The molecule has 0 saturated heterocycles. The van der Waals surface area contributed by atoms with E-state index in [4.69, 9.17) is 0 Å². The highest BCUT2D eigenvalue weighted by molar-refractivity contribution is 5.71. The van der Waals surface area contributed by atoms with Gasteiger partial charge in [0.15, 0.2) is 0 Å². The molecule has 0 aromatic rings. The Bertz CT molecular complexity index is 166. The highest BCUT2D eigenvalue weighted by Gasteiger charge is 1.87. The van der Waals surface area contributed by atoms with Gasteiger partial charge in [0.25, 0.3) is 0 Å². The van der Waals surface area contributed by atoms with E-state index in [9.17, 15) is 4.79 Å². The van der Waals surface area contributed by atoms with Crippen LogP contribution in [0.25, 0.3) is 0 Å². The van der Waals surface area contributed by atoms with Crippen LogP contribution in [0.4, 0.5) is 0 Å². The molecule has 0 aliphatic carbocycles. The third-order valence-electron chi connectivity index (χ3n) is 1.46. The number of unbranched alkanes of at least 4 members (excludes halogenated alkanes) is 1. The Labute approximate surface area is 68.8 Å². The van der Waals surface area contributed by atoms with Crippen LogP contribution in [-0.4, -0.2) is 6.29 Å². The van der Waals surface area contributed by atoms with Crippen LogP contribution in [0.3, 0.4) is 0 Å². The third kappa shape index (κ3) is 7.04. The molecule has 0 spiro atoms. The molecule has 0 atom stereocenters. The first-order valence-corrected chi connectivity index (χ1v) is 3.93. The van der Waals surface area contributed by atoms with E-state index in [1.165, 1.54) is 5.57 Å². The maximum Gasteiger partial charge on any atom is 0.145 e. The third-order valence-corrected chi connectivity index (χ3v) is 1.46. The summed E-state index contributed by atoms with van der Waals surface area (Å²) in [5, 5.41) is 0. The van der Waals surface area contributed by atoms with E-state index < -0.39 is 0 Å². The summed E-state index contributed by atoms with van der Waals surface area (Å²) >= 11 is 0. The van der Waals surface area contributed by atoms with Crippen molar-refractivity contribution in [2.45, 2.75) is 33.1 Å². The fourth-order valence-corrected chi connectivity index (χ4v) is 0.782. The van der Waals surface area contributed by atoms with Crippen molar-refractivity contribution in [3.63, 3.8) is 0 Å². The Hall–Kier alpha value is -0.850. The van der Waals surface area contributed by atoms with Gasteiger partial charge in [0.05, 0.1) is 0 Å². The monoisotopic (exact) mass is 152 g/mol. The molecule has 0 radical (unpaired) electrons. The van der Waals surface area contributed by atoms with Crippen molar-refractivity contribution in [1.82, 2.24) is 0 Å². The van der Waals surface area contributed by atoms with Crippen LogP contribution in [-0.2, 0) is 4.79 Å². The van der Waals surface area contributed by atoms with Crippen LogP contribution in [0.15, 0.2) is 23.8 Å². The van der Waals surface area contributed by atoms with Gasteiger partial charge in [-0.15, -0.1) is 6.58 Å². The van der Waals surface area contributed by atoms with E-state index in [1.807, 2.05) is 19.9 Å². The molecule has 0 unspecified atom stereocenters. The summed E-state index contributed by atoms with van der Waals surface area (Å²) in [6, 6.07) is 0. The minimum absolute atomic E-state index is 0.826. The Balaban J connectivity index is 3.41. The van der Waals surface area contributed by atoms with Crippen LogP contribution in [0.5, 0.6) is 0 Å². The molecule has 0 aliphatic rings. The quantitative estimate of drug-likeness (QED) is 0.256. The molecular weight excluding hydrogens is 136 g/mol. The Kier molecular flexibility index (Phi) is 5.44. The zero-order chi connectivity index (χ0) is 8.69. The predicted octanol–water partition coefficient (Wildman–Crippen LogP) is 2.88.